The van der Waals surface area contributed by atoms with E-state index in [1.54, 1.807) is 48.5 Å². The molecular formula is C21H23ClN4O5S. The Morgan fingerprint density at radius 2 is 1.84 bits per heavy atom. The van der Waals surface area contributed by atoms with E-state index in [9.17, 15) is 13.2 Å². The molecule has 0 radical (unpaired) electrons. The molecule has 0 spiro atoms. The van der Waals surface area contributed by atoms with Crippen LogP contribution >= 0.6 is 11.6 Å². The number of sulfonamides is 1. The van der Waals surface area contributed by atoms with E-state index >= 15 is 0 Å². The summed E-state index contributed by atoms with van der Waals surface area (Å²) < 4.78 is 35.9. The van der Waals surface area contributed by atoms with Crippen LogP contribution in [0.3, 0.4) is 0 Å². The number of anilines is 1. The second-order valence-electron chi connectivity index (χ2n) is 6.93. The Labute approximate surface area is 191 Å². The Balaban J connectivity index is 1.50. The Hall–Kier alpha value is -3.11. The Bertz CT molecular complexity index is 1150. The number of carbonyl (C=O) groups excluding carboxylic acids is 1. The van der Waals surface area contributed by atoms with Crippen molar-refractivity contribution in [3.05, 3.63) is 59.4 Å². The first-order chi connectivity index (χ1) is 15.3. The summed E-state index contributed by atoms with van der Waals surface area (Å²) in [4.78, 5) is 16.4. The summed E-state index contributed by atoms with van der Waals surface area (Å²) in [6, 6.07) is 13.7. The molecule has 1 heterocycles. The Kier molecular flexibility index (Phi) is 7.70. The van der Waals surface area contributed by atoms with E-state index in [1.807, 2.05) is 0 Å². The summed E-state index contributed by atoms with van der Waals surface area (Å²) in [6.45, 7) is 0.244. The van der Waals surface area contributed by atoms with Gasteiger partial charge < -0.3 is 14.6 Å². The Morgan fingerprint density at radius 3 is 2.47 bits per heavy atom. The van der Waals surface area contributed by atoms with Gasteiger partial charge in [0.2, 0.25) is 27.6 Å². The number of nitrogens with one attached hydrogen (secondary N) is 1. The highest BCUT2D eigenvalue weighted by molar-refractivity contribution is 7.92. The molecule has 32 heavy (non-hydrogen) atoms. The van der Waals surface area contributed by atoms with Crippen LogP contribution < -0.4 is 14.4 Å². The number of benzene rings is 2. The lowest BCUT2D eigenvalue weighted by atomic mass is 10.2. The smallest absolute Gasteiger partial charge is 0.246 e. The molecule has 0 atom stereocenters. The fourth-order valence-corrected chi connectivity index (χ4v) is 4.01. The third-order valence-electron chi connectivity index (χ3n) is 4.53. The predicted octanol–water partition coefficient (Wildman–Crippen LogP) is 3.26. The zero-order chi connectivity index (χ0) is 23.1. The van der Waals surface area contributed by atoms with Gasteiger partial charge in [0.15, 0.2) is 0 Å². The lowest BCUT2D eigenvalue weighted by Crippen LogP contribution is -2.32. The largest absolute Gasteiger partial charge is 0.497 e. The summed E-state index contributed by atoms with van der Waals surface area (Å²) in [6.07, 6.45) is 1.61. The van der Waals surface area contributed by atoms with E-state index in [2.05, 4.69) is 15.5 Å². The normalized spacial score (nSPS) is 11.2. The van der Waals surface area contributed by atoms with E-state index in [1.165, 1.54) is 11.4 Å². The van der Waals surface area contributed by atoms with Gasteiger partial charge in [-0.3, -0.25) is 9.10 Å². The summed E-state index contributed by atoms with van der Waals surface area (Å²) in [5, 5.41) is 7.19. The van der Waals surface area contributed by atoms with Crippen LogP contribution in [0, 0.1) is 0 Å². The van der Waals surface area contributed by atoms with E-state index in [4.69, 9.17) is 20.9 Å². The van der Waals surface area contributed by atoms with Crippen LogP contribution in [0.15, 0.2) is 53.1 Å². The van der Waals surface area contributed by atoms with Gasteiger partial charge in [-0.1, -0.05) is 16.8 Å². The number of ether oxygens (including phenoxy) is 1. The van der Waals surface area contributed by atoms with Crippen molar-refractivity contribution in [2.75, 3.05) is 24.2 Å². The quantitative estimate of drug-likeness (QED) is 0.475. The number of carbonyl (C=O) groups is 1. The van der Waals surface area contributed by atoms with Gasteiger partial charge in [0, 0.05) is 23.6 Å². The average Bonchev–Trinajstić information content (AvgIpc) is 3.24. The SMILES string of the molecule is COc1ccc(N(CCCC(=O)NCc2nc(-c3ccc(Cl)cc3)no2)S(C)(=O)=O)cc1. The minimum atomic E-state index is -3.50. The maximum Gasteiger partial charge on any atom is 0.246 e. The van der Waals surface area contributed by atoms with Crippen LogP contribution in [0.4, 0.5) is 5.69 Å². The summed E-state index contributed by atoms with van der Waals surface area (Å²) in [5.74, 6) is 1.04. The maximum absolute atomic E-state index is 12.2. The van der Waals surface area contributed by atoms with Crippen molar-refractivity contribution in [2.45, 2.75) is 19.4 Å². The van der Waals surface area contributed by atoms with Gasteiger partial charge in [0.05, 0.1) is 25.6 Å². The number of aromatic nitrogens is 2. The maximum atomic E-state index is 12.2. The number of halogens is 1. The lowest BCUT2D eigenvalue weighted by molar-refractivity contribution is -0.121. The van der Waals surface area contributed by atoms with Crippen molar-refractivity contribution in [3.8, 4) is 17.1 Å². The van der Waals surface area contributed by atoms with E-state index in [-0.39, 0.29) is 31.3 Å². The average molecular weight is 479 g/mol. The van der Waals surface area contributed by atoms with Crippen LogP contribution in [0.1, 0.15) is 18.7 Å². The minimum absolute atomic E-state index is 0.0771. The number of methoxy groups -OCH3 is 1. The molecule has 0 aliphatic heterocycles. The summed E-state index contributed by atoms with van der Waals surface area (Å²) >= 11 is 5.87. The van der Waals surface area contributed by atoms with Crippen molar-refractivity contribution < 1.29 is 22.5 Å². The van der Waals surface area contributed by atoms with Crippen molar-refractivity contribution in [2.24, 2.45) is 0 Å². The zero-order valence-electron chi connectivity index (χ0n) is 17.6. The standard InChI is InChI=1S/C21H23ClN4O5S/c1-30-18-11-9-17(10-12-18)26(32(2,28)29)13-3-4-19(27)23-14-20-24-21(25-31-20)15-5-7-16(22)8-6-15/h5-12H,3-4,13-14H2,1-2H3,(H,23,27). The number of hydrogen-bond donors (Lipinski definition) is 1. The predicted molar refractivity (Wildman–Crippen MR) is 121 cm³/mol. The molecule has 1 amide bonds. The fraction of sp³-hybridized carbons (Fsp3) is 0.286. The molecular weight excluding hydrogens is 456 g/mol. The molecule has 9 nitrogen and oxygen atoms in total. The third-order valence-corrected chi connectivity index (χ3v) is 5.98. The first-order valence-corrected chi connectivity index (χ1v) is 12.0. The van der Waals surface area contributed by atoms with Gasteiger partial charge >= 0.3 is 0 Å². The van der Waals surface area contributed by atoms with Gasteiger partial charge in [-0.2, -0.15) is 4.98 Å². The van der Waals surface area contributed by atoms with Gasteiger partial charge in [-0.25, -0.2) is 8.42 Å². The van der Waals surface area contributed by atoms with Crippen LogP contribution in [0.5, 0.6) is 5.75 Å². The molecule has 0 fully saturated rings. The van der Waals surface area contributed by atoms with Gasteiger partial charge in [0.1, 0.15) is 5.75 Å². The fourth-order valence-electron chi connectivity index (χ4n) is 2.92. The number of hydrogen-bond acceptors (Lipinski definition) is 7. The monoisotopic (exact) mass is 478 g/mol. The first-order valence-electron chi connectivity index (χ1n) is 9.73. The topological polar surface area (TPSA) is 115 Å². The van der Waals surface area contributed by atoms with Gasteiger partial charge in [-0.15, -0.1) is 0 Å². The number of rotatable bonds is 10. The number of nitrogens with zero attached hydrogens (tertiary/aromatic N) is 3. The number of amides is 1. The second kappa shape index (κ2) is 10.5. The zero-order valence-corrected chi connectivity index (χ0v) is 19.2. The van der Waals surface area contributed by atoms with Crippen LogP contribution in [0.25, 0.3) is 11.4 Å². The molecule has 11 heteroatoms. The van der Waals surface area contributed by atoms with Crippen molar-refractivity contribution in [1.29, 1.82) is 0 Å². The Morgan fingerprint density at radius 1 is 1.16 bits per heavy atom. The molecule has 0 saturated heterocycles. The molecule has 0 aliphatic carbocycles. The molecule has 3 aromatic rings. The van der Waals surface area contributed by atoms with Gasteiger partial charge in [-0.05, 0) is 55.0 Å². The van der Waals surface area contributed by atoms with E-state index < -0.39 is 10.0 Å². The lowest BCUT2D eigenvalue weighted by Gasteiger charge is -2.22. The summed E-state index contributed by atoms with van der Waals surface area (Å²) in [5.41, 5.74) is 1.25. The molecule has 0 bridgehead atoms. The highest BCUT2D eigenvalue weighted by Gasteiger charge is 2.18. The van der Waals surface area contributed by atoms with Gasteiger partial charge in [0.25, 0.3) is 0 Å². The van der Waals surface area contributed by atoms with Crippen LogP contribution in [-0.2, 0) is 21.4 Å². The molecule has 2 aromatic carbocycles. The van der Waals surface area contributed by atoms with E-state index in [0.717, 1.165) is 11.8 Å². The van der Waals surface area contributed by atoms with E-state index in [0.29, 0.717) is 28.7 Å². The molecule has 0 unspecified atom stereocenters. The van der Waals surface area contributed by atoms with Crippen molar-refractivity contribution >= 4 is 33.2 Å². The molecule has 1 N–H and O–H groups in total. The third kappa shape index (κ3) is 6.44. The van der Waals surface area contributed by atoms with Crippen LogP contribution in [0.2, 0.25) is 5.02 Å². The molecule has 0 saturated carbocycles. The molecule has 3 rings (SSSR count). The molecule has 170 valence electrons. The minimum Gasteiger partial charge on any atom is -0.497 e. The highest BCUT2D eigenvalue weighted by atomic mass is 35.5. The van der Waals surface area contributed by atoms with Crippen LogP contribution in [-0.4, -0.2) is 44.4 Å². The summed E-state index contributed by atoms with van der Waals surface area (Å²) in [7, 11) is -1.96. The highest BCUT2D eigenvalue weighted by Crippen LogP contribution is 2.22. The second-order valence-corrected chi connectivity index (χ2v) is 9.28. The molecule has 0 aliphatic rings. The first kappa shape index (κ1) is 23.6. The molecule has 1 aromatic heterocycles. The van der Waals surface area contributed by atoms with Crippen molar-refractivity contribution in [1.82, 2.24) is 15.5 Å². The van der Waals surface area contributed by atoms with Crippen molar-refractivity contribution in [3.63, 3.8) is 0 Å².